The van der Waals surface area contributed by atoms with Gasteiger partial charge in [0.1, 0.15) is 5.82 Å². The molecule has 0 atom stereocenters. The van der Waals surface area contributed by atoms with Gasteiger partial charge in [0.05, 0.1) is 0 Å². The van der Waals surface area contributed by atoms with Gasteiger partial charge in [-0.1, -0.05) is 19.9 Å². The van der Waals surface area contributed by atoms with E-state index in [0.717, 1.165) is 25.4 Å². The highest BCUT2D eigenvalue weighted by atomic mass is 16.5. The van der Waals surface area contributed by atoms with Crippen LogP contribution in [0.15, 0.2) is 18.3 Å². The Morgan fingerprint density at radius 3 is 2.69 bits per heavy atom. The summed E-state index contributed by atoms with van der Waals surface area (Å²) in [5.41, 5.74) is 1.41. The van der Waals surface area contributed by atoms with Crippen molar-refractivity contribution in [2.75, 3.05) is 25.6 Å². The van der Waals surface area contributed by atoms with E-state index in [9.17, 15) is 0 Å². The minimum atomic E-state index is 0.225. The summed E-state index contributed by atoms with van der Waals surface area (Å²) in [6.07, 6.45) is 2.92. The summed E-state index contributed by atoms with van der Waals surface area (Å²) in [6.45, 7) is 8.21. The Labute approximate surface area is 98.2 Å². The molecule has 0 saturated heterocycles. The van der Waals surface area contributed by atoms with Crippen molar-refractivity contribution < 1.29 is 4.74 Å². The van der Waals surface area contributed by atoms with Gasteiger partial charge in [-0.2, -0.15) is 0 Å². The van der Waals surface area contributed by atoms with Crippen LogP contribution in [0.4, 0.5) is 5.82 Å². The van der Waals surface area contributed by atoms with Crippen molar-refractivity contribution in [1.82, 2.24) is 4.98 Å². The van der Waals surface area contributed by atoms with E-state index in [-0.39, 0.29) is 5.41 Å². The first-order valence-corrected chi connectivity index (χ1v) is 5.69. The number of nitrogens with zero attached hydrogens (tertiary/aromatic N) is 1. The summed E-state index contributed by atoms with van der Waals surface area (Å²) in [5, 5.41) is 3.35. The number of aromatic nitrogens is 1. The van der Waals surface area contributed by atoms with Gasteiger partial charge in [-0.05, 0) is 30.4 Å². The van der Waals surface area contributed by atoms with E-state index in [1.165, 1.54) is 5.56 Å². The molecule has 0 spiro atoms. The monoisotopic (exact) mass is 222 g/mol. The van der Waals surface area contributed by atoms with E-state index in [1.54, 1.807) is 7.11 Å². The lowest BCUT2D eigenvalue weighted by Gasteiger charge is -2.24. The molecular formula is C13H22N2O. The molecule has 0 aromatic carbocycles. The first kappa shape index (κ1) is 13.0. The number of methoxy groups -OCH3 is 1. The Morgan fingerprint density at radius 2 is 2.12 bits per heavy atom. The van der Waals surface area contributed by atoms with E-state index in [4.69, 9.17) is 4.74 Å². The molecule has 3 heteroatoms. The van der Waals surface area contributed by atoms with Crippen LogP contribution >= 0.6 is 0 Å². The van der Waals surface area contributed by atoms with Gasteiger partial charge in [0.2, 0.25) is 0 Å². The van der Waals surface area contributed by atoms with Gasteiger partial charge in [-0.25, -0.2) is 4.98 Å². The number of nitrogens with one attached hydrogen (secondary N) is 1. The zero-order valence-corrected chi connectivity index (χ0v) is 10.7. The lowest BCUT2D eigenvalue weighted by Crippen LogP contribution is -2.24. The molecule has 0 bridgehead atoms. The van der Waals surface area contributed by atoms with Crippen LogP contribution in [0.5, 0.6) is 0 Å². The molecule has 0 fully saturated rings. The minimum Gasteiger partial charge on any atom is -0.385 e. The van der Waals surface area contributed by atoms with E-state index in [0.29, 0.717) is 0 Å². The first-order chi connectivity index (χ1) is 7.53. The average Bonchev–Trinajstić information content (AvgIpc) is 2.26. The Morgan fingerprint density at radius 1 is 1.38 bits per heavy atom. The predicted octanol–water partition coefficient (Wildman–Crippen LogP) is 2.86. The van der Waals surface area contributed by atoms with Crippen LogP contribution < -0.4 is 5.32 Å². The largest absolute Gasteiger partial charge is 0.385 e. The Kier molecular flexibility index (Phi) is 4.74. The minimum absolute atomic E-state index is 0.225. The van der Waals surface area contributed by atoms with Crippen molar-refractivity contribution >= 4 is 5.82 Å². The molecule has 0 aliphatic heterocycles. The van der Waals surface area contributed by atoms with Crippen molar-refractivity contribution in [1.29, 1.82) is 0 Å². The highest BCUT2D eigenvalue weighted by Gasteiger charge is 2.17. The topological polar surface area (TPSA) is 34.1 Å². The second kappa shape index (κ2) is 5.85. The molecule has 1 N–H and O–H groups in total. The molecule has 3 nitrogen and oxygen atoms in total. The van der Waals surface area contributed by atoms with Crippen LogP contribution in [0.25, 0.3) is 0 Å². The van der Waals surface area contributed by atoms with Crippen molar-refractivity contribution in [3.05, 3.63) is 23.9 Å². The van der Waals surface area contributed by atoms with Gasteiger partial charge in [-0.15, -0.1) is 0 Å². The maximum atomic E-state index is 5.10. The quantitative estimate of drug-likeness (QED) is 0.803. The van der Waals surface area contributed by atoms with Gasteiger partial charge in [0.25, 0.3) is 0 Å². The molecule has 1 heterocycles. The Bertz CT molecular complexity index is 306. The SMILES string of the molecule is COCCC(C)(C)CNc1ccc(C)cn1. The second-order valence-electron chi connectivity index (χ2n) is 4.98. The number of ether oxygens (including phenoxy) is 1. The standard InChI is InChI=1S/C13H22N2O/c1-11-5-6-12(14-9-11)15-10-13(2,3)7-8-16-4/h5-6,9H,7-8,10H2,1-4H3,(H,14,15). The maximum absolute atomic E-state index is 5.10. The fourth-order valence-corrected chi connectivity index (χ4v) is 1.37. The maximum Gasteiger partial charge on any atom is 0.125 e. The summed E-state index contributed by atoms with van der Waals surface area (Å²) in [5.74, 6) is 0.941. The molecule has 90 valence electrons. The first-order valence-electron chi connectivity index (χ1n) is 5.69. The van der Waals surface area contributed by atoms with Crippen LogP contribution in [0.1, 0.15) is 25.8 Å². The zero-order valence-electron chi connectivity index (χ0n) is 10.7. The smallest absolute Gasteiger partial charge is 0.125 e. The van der Waals surface area contributed by atoms with Crippen molar-refractivity contribution in [3.8, 4) is 0 Å². The van der Waals surface area contributed by atoms with Crippen molar-refractivity contribution in [2.45, 2.75) is 27.2 Å². The number of hydrogen-bond donors (Lipinski definition) is 1. The van der Waals surface area contributed by atoms with E-state index in [2.05, 4.69) is 30.2 Å². The lowest BCUT2D eigenvalue weighted by molar-refractivity contribution is 0.157. The highest BCUT2D eigenvalue weighted by Crippen LogP contribution is 2.20. The van der Waals surface area contributed by atoms with Crippen LogP contribution in [0, 0.1) is 12.3 Å². The third kappa shape index (κ3) is 4.62. The third-order valence-electron chi connectivity index (χ3n) is 2.64. The highest BCUT2D eigenvalue weighted by molar-refractivity contribution is 5.35. The van der Waals surface area contributed by atoms with Gasteiger partial charge in [-0.3, -0.25) is 0 Å². The van der Waals surface area contributed by atoms with Gasteiger partial charge in [0.15, 0.2) is 0 Å². The summed E-state index contributed by atoms with van der Waals surface area (Å²) in [4.78, 5) is 4.32. The molecule has 0 aliphatic rings. The van der Waals surface area contributed by atoms with E-state index in [1.807, 2.05) is 19.2 Å². The van der Waals surface area contributed by atoms with Gasteiger partial charge >= 0.3 is 0 Å². The van der Waals surface area contributed by atoms with Crippen LogP contribution in [0.3, 0.4) is 0 Å². The van der Waals surface area contributed by atoms with Crippen molar-refractivity contribution in [2.24, 2.45) is 5.41 Å². The summed E-state index contributed by atoms with van der Waals surface area (Å²) < 4.78 is 5.10. The molecule has 0 radical (unpaired) electrons. The molecular weight excluding hydrogens is 200 g/mol. The number of hydrogen-bond acceptors (Lipinski definition) is 3. The number of rotatable bonds is 6. The molecule has 0 saturated carbocycles. The fraction of sp³-hybridized carbons (Fsp3) is 0.615. The van der Waals surface area contributed by atoms with E-state index >= 15 is 0 Å². The predicted molar refractivity (Wildman–Crippen MR) is 67.7 cm³/mol. The number of pyridine rings is 1. The van der Waals surface area contributed by atoms with Crippen LogP contribution in [0.2, 0.25) is 0 Å². The summed E-state index contributed by atoms with van der Waals surface area (Å²) in [7, 11) is 1.74. The summed E-state index contributed by atoms with van der Waals surface area (Å²) >= 11 is 0. The molecule has 0 unspecified atom stereocenters. The lowest BCUT2D eigenvalue weighted by atomic mass is 9.90. The third-order valence-corrected chi connectivity index (χ3v) is 2.64. The van der Waals surface area contributed by atoms with E-state index < -0.39 is 0 Å². The second-order valence-corrected chi connectivity index (χ2v) is 4.98. The zero-order chi connectivity index (χ0) is 12.0. The molecule has 0 aliphatic carbocycles. The summed E-state index contributed by atoms with van der Waals surface area (Å²) in [6, 6.07) is 4.08. The van der Waals surface area contributed by atoms with Gasteiger partial charge < -0.3 is 10.1 Å². The van der Waals surface area contributed by atoms with Gasteiger partial charge in [0, 0.05) is 26.5 Å². The Balaban J connectivity index is 2.41. The molecule has 1 rings (SSSR count). The molecule has 1 aromatic rings. The Hall–Kier alpha value is -1.09. The average molecular weight is 222 g/mol. The van der Waals surface area contributed by atoms with Crippen LogP contribution in [-0.2, 0) is 4.74 Å². The molecule has 16 heavy (non-hydrogen) atoms. The number of aryl methyl sites for hydroxylation is 1. The molecule has 1 aromatic heterocycles. The normalized spacial score (nSPS) is 11.5. The number of anilines is 1. The van der Waals surface area contributed by atoms with Crippen molar-refractivity contribution in [3.63, 3.8) is 0 Å². The van der Waals surface area contributed by atoms with Crippen LogP contribution in [-0.4, -0.2) is 25.2 Å². The molecule has 0 amide bonds. The fourth-order valence-electron chi connectivity index (χ4n) is 1.37.